The van der Waals surface area contributed by atoms with Gasteiger partial charge < -0.3 is 4.18 Å². The molecule has 0 spiro atoms. The second-order valence-electron chi connectivity index (χ2n) is 5.02. The molecule has 1 aromatic heterocycles. The lowest BCUT2D eigenvalue weighted by Gasteiger charge is -2.10. The Morgan fingerprint density at radius 1 is 1.27 bits per heavy atom. The molecule has 8 nitrogen and oxygen atoms in total. The molecule has 0 saturated heterocycles. The normalized spacial score (nSPS) is 10.5. The molecule has 10 heteroatoms. The van der Waals surface area contributed by atoms with Crippen LogP contribution in [-0.4, -0.2) is 14.8 Å². The number of aromatic nitrogens is 3. The molecule has 0 bridgehead atoms. The summed E-state index contributed by atoms with van der Waals surface area (Å²) in [7, 11) is 0. The summed E-state index contributed by atoms with van der Waals surface area (Å²) in [6.45, 7) is 7.95. The molecule has 0 aliphatic carbocycles. The number of nitrogens with zero attached hydrogens (tertiary/aromatic N) is 4. The molecule has 0 aliphatic rings. The minimum absolute atomic E-state index is 0.355. The lowest BCUT2D eigenvalue weighted by atomic mass is 10.0. The highest BCUT2D eigenvalue weighted by Crippen LogP contribution is 2.36. The van der Waals surface area contributed by atoms with Crippen molar-refractivity contribution in [3.63, 3.8) is 0 Å². The molecule has 0 radical (unpaired) electrons. The van der Waals surface area contributed by atoms with Gasteiger partial charge in [-0.25, -0.2) is 14.5 Å². The molecule has 3 aromatic rings. The van der Waals surface area contributed by atoms with Crippen LogP contribution in [0.2, 0.25) is 5.02 Å². The largest absolute Gasteiger partial charge is 0.397 e. The van der Waals surface area contributed by atoms with Crippen molar-refractivity contribution in [1.82, 2.24) is 14.8 Å². The lowest BCUT2D eigenvalue weighted by Crippen LogP contribution is -2.00. The molecule has 2 aromatic carbocycles. The fourth-order valence-electron chi connectivity index (χ4n) is 2.31. The van der Waals surface area contributed by atoms with Crippen LogP contribution in [0.1, 0.15) is 5.56 Å². The maximum absolute atomic E-state index is 7.40. The predicted molar refractivity (Wildman–Crippen MR) is 96.9 cm³/mol. The second-order valence-corrected chi connectivity index (χ2v) is 5.86. The number of halogens is 1. The minimum atomic E-state index is 0.355. The first-order valence-corrected chi connectivity index (χ1v) is 8.25. The van der Waals surface area contributed by atoms with Crippen molar-refractivity contribution in [2.75, 3.05) is 0 Å². The van der Waals surface area contributed by atoms with Crippen LogP contribution in [0, 0.1) is 6.57 Å². The first kappa shape index (κ1) is 18.2. The van der Waals surface area contributed by atoms with Gasteiger partial charge in [0.1, 0.15) is 12.7 Å². The maximum Gasteiger partial charge on any atom is 0.260 e. The summed E-state index contributed by atoms with van der Waals surface area (Å²) in [4.78, 5) is 11.4. The third-order valence-corrected chi connectivity index (χ3v) is 4.10. The minimum Gasteiger partial charge on any atom is -0.397 e. The van der Waals surface area contributed by atoms with Crippen LogP contribution in [0.3, 0.4) is 0 Å². The Labute approximate surface area is 158 Å². The van der Waals surface area contributed by atoms with Gasteiger partial charge in [-0.2, -0.15) is 11.0 Å². The van der Waals surface area contributed by atoms with Crippen LogP contribution >= 0.6 is 23.9 Å². The van der Waals surface area contributed by atoms with Crippen molar-refractivity contribution in [3.05, 3.63) is 71.1 Å². The summed E-state index contributed by atoms with van der Waals surface area (Å²) in [6, 6.07) is 10.8. The van der Waals surface area contributed by atoms with Gasteiger partial charge in [-0.15, -0.1) is 9.32 Å². The average molecular weight is 390 g/mol. The lowest BCUT2D eigenvalue weighted by molar-refractivity contribution is -0.199. The Bertz CT molecular complexity index is 930. The fourth-order valence-corrected chi connectivity index (χ4v) is 2.86. The van der Waals surface area contributed by atoms with E-state index >= 15 is 0 Å². The molecule has 0 atom stereocenters. The number of hydrogen-bond acceptors (Lipinski definition) is 7. The van der Waals surface area contributed by atoms with Crippen LogP contribution in [0.25, 0.3) is 16.0 Å². The molecular formula is C16H12ClN5O3S. The Kier molecular flexibility index (Phi) is 6.06. The Morgan fingerprint density at radius 3 is 2.85 bits per heavy atom. The topological polar surface area (TPSA) is 88.8 Å². The molecule has 132 valence electrons. The second kappa shape index (κ2) is 8.66. The summed E-state index contributed by atoms with van der Waals surface area (Å²) in [6.07, 6.45) is 3.11. The first-order valence-electron chi connectivity index (χ1n) is 7.20. The number of hydrogen-bond donors (Lipinski definition) is 1. The van der Waals surface area contributed by atoms with E-state index < -0.39 is 0 Å². The van der Waals surface area contributed by atoms with Crippen LogP contribution in [0.15, 0.2) is 49.1 Å². The van der Waals surface area contributed by atoms with Crippen LogP contribution in [-0.2, 0) is 15.9 Å². The van der Waals surface area contributed by atoms with E-state index in [9.17, 15) is 0 Å². The molecule has 1 heterocycles. The monoisotopic (exact) mass is 389 g/mol. The molecule has 0 aliphatic heterocycles. The Balaban J connectivity index is 1.89. The Morgan fingerprint density at radius 2 is 2.15 bits per heavy atom. The molecule has 0 amide bonds. The number of benzene rings is 2. The summed E-state index contributed by atoms with van der Waals surface area (Å²) in [5.41, 5.74) is 3.06. The SMILES string of the molecule is [C-]#[N+]c1ccc(Cn2cncn2)cc1-c1ccc(OSOON)c(Cl)c1. The van der Waals surface area contributed by atoms with E-state index in [1.54, 1.807) is 35.3 Å². The van der Waals surface area contributed by atoms with Gasteiger partial charge in [-0.05, 0) is 28.8 Å². The molecule has 0 unspecified atom stereocenters. The molecule has 0 fully saturated rings. The van der Waals surface area contributed by atoms with Gasteiger partial charge in [0.2, 0.25) is 0 Å². The fraction of sp³-hybridized carbons (Fsp3) is 0.0625. The highest BCUT2D eigenvalue weighted by atomic mass is 35.5. The van der Waals surface area contributed by atoms with Crippen molar-refractivity contribution in [3.8, 4) is 16.9 Å². The van der Waals surface area contributed by atoms with Crippen molar-refractivity contribution in [1.29, 1.82) is 0 Å². The third-order valence-electron chi connectivity index (χ3n) is 3.43. The van der Waals surface area contributed by atoms with Crippen LogP contribution < -0.4 is 10.1 Å². The quantitative estimate of drug-likeness (QED) is 0.215. The van der Waals surface area contributed by atoms with Crippen molar-refractivity contribution < 1.29 is 13.5 Å². The van der Waals surface area contributed by atoms with Gasteiger partial charge in [-0.1, -0.05) is 35.9 Å². The highest BCUT2D eigenvalue weighted by Gasteiger charge is 2.11. The molecule has 3 rings (SSSR count). The van der Waals surface area contributed by atoms with Gasteiger partial charge in [0.05, 0.1) is 18.1 Å². The van der Waals surface area contributed by atoms with E-state index in [1.807, 2.05) is 12.1 Å². The van der Waals surface area contributed by atoms with Gasteiger partial charge in [0.25, 0.3) is 12.3 Å². The van der Waals surface area contributed by atoms with E-state index in [4.69, 9.17) is 28.3 Å². The molecule has 0 saturated carbocycles. The highest BCUT2D eigenvalue weighted by molar-refractivity contribution is 7.90. The summed E-state index contributed by atoms with van der Waals surface area (Å²) in [5.74, 6) is 5.11. The van der Waals surface area contributed by atoms with Crippen LogP contribution in [0.4, 0.5) is 5.69 Å². The van der Waals surface area contributed by atoms with Crippen molar-refractivity contribution in [2.45, 2.75) is 6.54 Å². The zero-order valence-corrected chi connectivity index (χ0v) is 14.8. The smallest absolute Gasteiger partial charge is 0.260 e. The number of rotatable bonds is 7. The predicted octanol–water partition coefficient (Wildman–Crippen LogP) is 3.96. The van der Waals surface area contributed by atoms with E-state index in [0.29, 0.717) is 35.3 Å². The van der Waals surface area contributed by atoms with Gasteiger partial charge in [-0.3, -0.25) is 0 Å². The summed E-state index contributed by atoms with van der Waals surface area (Å²) >= 11 is 6.78. The van der Waals surface area contributed by atoms with Crippen molar-refractivity contribution >= 4 is 29.6 Å². The van der Waals surface area contributed by atoms with E-state index in [0.717, 1.165) is 16.7 Å². The molecule has 26 heavy (non-hydrogen) atoms. The van der Waals surface area contributed by atoms with Gasteiger partial charge in [0, 0.05) is 0 Å². The maximum atomic E-state index is 7.40. The first-order chi connectivity index (χ1) is 12.7. The molecule has 2 N–H and O–H groups in total. The standard InChI is InChI=1S/C16H12ClN5O3S/c1-19-15-4-2-11(8-22-10-20-9-21-22)6-13(15)12-3-5-16(14(17)7-12)23-26-25-24-18/h2-7,9-10H,8,18H2. The Hall–Kier alpha value is -2.61. The summed E-state index contributed by atoms with van der Waals surface area (Å²) < 4.78 is 11.3. The van der Waals surface area contributed by atoms with E-state index in [-0.39, 0.29) is 0 Å². The van der Waals surface area contributed by atoms with Crippen LogP contribution in [0.5, 0.6) is 5.75 Å². The average Bonchev–Trinajstić information content (AvgIpc) is 3.16. The van der Waals surface area contributed by atoms with Gasteiger partial charge >= 0.3 is 0 Å². The molecular weight excluding hydrogens is 378 g/mol. The summed E-state index contributed by atoms with van der Waals surface area (Å²) in [5, 5.41) is 4.45. The number of nitrogens with two attached hydrogens (primary N) is 1. The zero-order valence-electron chi connectivity index (χ0n) is 13.2. The van der Waals surface area contributed by atoms with Gasteiger partial charge in [0.15, 0.2) is 11.4 Å². The van der Waals surface area contributed by atoms with Crippen molar-refractivity contribution in [2.24, 2.45) is 5.90 Å². The van der Waals surface area contributed by atoms with E-state index in [1.165, 1.54) is 6.33 Å². The zero-order chi connectivity index (χ0) is 18.4. The third kappa shape index (κ3) is 4.32. The van der Waals surface area contributed by atoms with E-state index in [2.05, 4.69) is 24.2 Å².